The average Bonchev–Trinajstić information content (AvgIpc) is 3.00. The summed E-state index contributed by atoms with van der Waals surface area (Å²) in [6, 6.07) is 0. The maximum absolute atomic E-state index is 12.3. The molecule has 0 unspecified atom stereocenters. The molecule has 0 aromatic carbocycles. The molecule has 0 radical (unpaired) electrons. The second-order valence-electron chi connectivity index (χ2n) is 12.6. The molecule has 45 heavy (non-hydrogen) atoms. The zero-order chi connectivity index (χ0) is 33.3. The number of phosphoric acid groups is 1. The fraction of sp³-hybridized carbons (Fsp3) is 0.889. The highest BCUT2D eigenvalue weighted by atomic mass is 31.2. The molecule has 9 heteroatoms. The number of hydrogen-bond acceptors (Lipinski definition) is 6. The Bertz CT molecular complexity index is 739. The highest BCUT2D eigenvalue weighted by Crippen LogP contribution is 2.36. The summed E-state index contributed by atoms with van der Waals surface area (Å²) < 4.78 is 26.3. The molecule has 0 bridgehead atoms. The minimum Gasteiger partial charge on any atom is -0.462 e. The molecule has 2 N–H and O–H groups in total. The van der Waals surface area contributed by atoms with Gasteiger partial charge in [0.15, 0.2) is 6.10 Å². The van der Waals surface area contributed by atoms with E-state index >= 15 is 0 Å². The van der Waals surface area contributed by atoms with Gasteiger partial charge in [-0.3, -0.25) is 14.1 Å². The van der Waals surface area contributed by atoms with E-state index in [1.807, 2.05) is 6.08 Å². The highest BCUT2D eigenvalue weighted by Gasteiger charge is 2.22. The fourth-order valence-electron chi connectivity index (χ4n) is 5.41. The molecule has 0 aliphatic rings. The van der Waals surface area contributed by atoms with E-state index in [9.17, 15) is 14.2 Å². The lowest BCUT2D eigenvalue weighted by molar-refractivity contribution is -0.161. The maximum atomic E-state index is 12.3. The van der Waals surface area contributed by atoms with Crippen molar-refractivity contribution in [3.05, 3.63) is 12.7 Å². The molecular weight excluding hydrogens is 591 g/mol. The first-order chi connectivity index (χ1) is 21.8. The van der Waals surface area contributed by atoms with E-state index in [-0.39, 0.29) is 19.4 Å². The summed E-state index contributed by atoms with van der Waals surface area (Å²) in [6.07, 6.45) is 32.5. The van der Waals surface area contributed by atoms with Gasteiger partial charge in [-0.15, -0.1) is 6.58 Å². The first-order valence-electron chi connectivity index (χ1n) is 18.4. The van der Waals surface area contributed by atoms with Gasteiger partial charge in [0, 0.05) is 12.8 Å². The van der Waals surface area contributed by atoms with Gasteiger partial charge in [-0.25, -0.2) is 4.57 Å². The normalized spacial score (nSPS) is 12.2. The lowest BCUT2D eigenvalue weighted by Gasteiger charge is -2.18. The summed E-state index contributed by atoms with van der Waals surface area (Å²) >= 11 is 0. The van der Waals surface area contributed by atoms with Gasteiger partial charge >= 0.3 is 19.8 Å². The van der Waals surface area contributed by atoms with Crippen LogP contribution in [0.2, 0.25) is 0 Å². The smallest absolute Gasteiger partial charge is 0.462 e. The zero-order valence-corrected chi connectivity index (χ0v) is 29.8. The molecule has 0 aromatic rings. The van der Waals surface area contributed by atoms with E-state index in [1.54, 1.807) is 0 Å². The van der Waals surface area contributed by atoms with Gasteiger partial charge in [0.25, 0.3) is 0 Å². The number of phosphoric ester groups is 1. The number of carbonyl (C=O) groups excluding carboxylic acids is 2. The van der Waals surface area contributed by atoms with Gasteiger partial charge in [0.2, 0.25) is 0 Å². The number of rotatable bonds is 35. The summed E-state index contributed by atoms with van der Waals surface area (Å²) in [5.74, 6) is -0.880. The first-order valence-corrected chi connectivity index (χ1v) is 20.0. The van der Waals surface area contributed by atoms with Gasteiger partial charge < -0.3 is 19.3 Å². The first kappa shape index (κ1) is 43.8. The Balaban J connectivity index is 3.92. The molecule has 0 amide bonds. The molecule has 0 aliphatic carbocycles. The van der Waals surface area contributed by atoms with Crippen LogP contribution in [0.1, 0.15) is 187 Å². The number of allylic oxidation sites excluding steroid dienone is 1. The van der Waals surface area contributed by atoms with Crippen molar-refractivity contribution in [1.82, 2.24) is 0 Å². The van der Waals surface area contributed by atoms with E-state index in [0.29, 0.717) is 6.42 Å². The van der Waals surface area contributed by atoms with Crippen molar-refractivity contribution in [3.63, 3.8) is 0 Å². The van der Waals surface area contributed by atoms with Crippen molar-refractivity contribution < 1.29 is 37.9 Å². The molecule has 0 spiro atoms. The Morgan fingerprint density at radius 1 is 0.600 bits per heavy atom. The van der Waals surface area contributed by atoms with E-state index in [2.05, 4.69) is 18.0 Å². The van der Waals surface area contributed by atoms with Gasteiger partial charge in [-0.1, -0.05) is 154 Å². The predicted molar refractivity (Wildman–Crippen MR) is 184 cm³/mol. The van der Waals surface area contributed by atoms with Crippen LogP contribution in [-0.2, 0) is 28.2 Å². The third kappa shape index (κ3) is 35.5. The quantitative estimate of drug-likeness (QED) is 0.0298. The van der Waals surface area contributed by atoms with Crippen LogP contribution in [0.5, 0.6) is 0 Å². The molecule has 266 valence electrons. The minimum absolute atomic E-state index is 0.214. The third-order valence-corrected chi connectivity index (χ3v) is 8.67. The molecule has 0 saturated heterocycles. The van der Waals surface area contributed by atoms with Crippen LogP contribution in [0, 0.1) is 0 Å². The highest BCUT2D eigenvalue weighted by molar-refractivity contribution is 7.46. The monoisotopic (exact) mass is 660 g/mol. The van der Waals surface area contributed by atoms with Crippen LogP contribution >= 0.6 is 7.82 Å². The molecule has 0 rings (SSSR count). The minimum atomic E-state index is -4.74. The Hall–Kier alpha value is -1.21. The second kappa shape index (κ2) is 32.7. The van der Waals surface area contributed by atoms with E-state index in [4.69, 9.17) is 19.3 Å². The Labute approximate surface area is 276 Å². The molecule has 0 heterocycles. The van der Waals surface area contributed by atoms with Crippen LogP contribution in [0.3, 0.4) is 0 Å². The van der Waals surface area contributed by atoms with Crippen LogP contribution in [-0.4, -0.2) is 41.0 Å². The Morgan fingerprint density at radius 3 is 1.38 bits per heavy atom. The molecule has 1 atom stereocenters. The maximum Gasteiger partial charge on any atom is 0.469 e. The van der Waals surface area contributed by atoms with E-state index < -0.39 is 32.5 Å². The number of carbonyl (C=O) groups is 2. The number of hydrogen-bond donors (Lipinski definition) is 2. The Kier molecular flexibility index (Phi) is 31.8. The standard InChI is InChI=1S/C36H69O8P/c1-3-5-7-9-11-13-15-17-18-19-21-23-25-27-29-31-36(38)44-34(33-43-45(39,40)41)32-42-35(37)30-28-26-24-22-20-16-14-12-10-8-6-4-2/h3,34H,1,4-33H2,2H3,(H2,39,40,41)/t34-/m1/s1. The van der Waals surface area contributed by atoms with Gasteiger partial charge in [-0.05, 0) is 25.7 Å². The molecule has 0 fully saturated rings. The third-order valence-electron chi connectivity index (χ3n) is 8.18. The lowest BCUT2D eigenvalue weighted by atomic mass is 10.0. The van der Waals surface area contributed by atoms with E-state index in [0.717, 1.165) is 44.9 Å². The average molecular weight is 661 g/mol. The summed E-state index contributed by atoms with van der Waals surface area (Å²) in [6.45, 7) is 5.19. The molecule has 0 saturated carbocycles. The number of unbranched alkanes of at least 4 members (excludes halogenated alkanes) is 24. The summed E-state index contributed by atoms with van der Waals surface area (Å²) in [5, 5.41) is 0. The van der Waals surface area contributed by atoms with E-state index in [1.165, 1.54) is 116 Å². The SMILES string of the molecule is C=CCCCCCCCCCCCCCCCC(=O)O[C@H](COC(=O)CCCCCCCCCCCCCC)COP(=O)(O)O. The zero-order valence-electron chi connectivity index (χ0n) is 28.9. The van der Waals surface area contributed by atoms with Crippen LogP contribution in [0.15, 0.2) is 12.7 Å². The second-order valence-corrected chi connectivity index (χ2v) is 13.9. The summed E-state index contributed by atoms with van der Waals surface area (Å²) in [7, 11) is -4.74. The molecule has 0 aliphatic heterocycles. The van der Waals surface area contributed by atoms with Crippen molar-refractivity contribution in [3.8, 4) is 0 Å². The molecule has 8 nitrogen and oxygen atoms in total. The summed E-state index contributed by atoms with van der Waals surface area (Å²) in [5.41, 5.74) is 0. The van der Waals surface area contributed by atoms with Crippen molar-refractivity contribution in [1.29, 1.82) is 0 Å². The molecule has 0 aromatic heterocycles. The van der Waals surface area contributed by atoms with Crippen LogP contribution in [0.25, 0.3) is 0 Å². The fourth-order valence-corrected chi connectivity index (χ4v) is 5.77. The van der Waals surface area contributed by atoms with Crippen molar-refractivity contribution in [2.45, 2.75) is 193 Å². The topological polar surface area (TPSA) is 119 Å². The summed E-state index contributed by atoms with van der Waals surface area (Å²) in [4.78, 5) is 42.6. The van der Waals surface area contributed by atoms with Gasteiger partial charge in [0.1, 0.15) is 6.61 Å². The lowest BCUT2D eigenvalue weighted by Crippen LogP contribution is -2.29. The van der Waals surface area contributed by atoms with Gasteiger partial charge in [-0.2, -0.15) is 0 Å². The predicted octanol–water partition coefficient (Wildman–Crippen LogP) is 10.7. The molecular formula is C36H69O8P. The van der Waals surface area contributed by atoms with Gasteiger partial charge in [0.05, 0.1) is 6.61 Å². The van der Waals surface area contributed by atoms with Crippen LogP contribution < -0.4 is 0 Å². The largest absolute Gasteiger partial charge is 0.469 e. The van der Waals surface area contributed by atoms with Crippen molar-refractivity contribution >= 4 is 19.8 Å². The van der Waals surface area contributed by atoms with Crippen molar-refractivity contribution in [2.24, 2.45) is 0 Å². The number of ether oxygens (including phenoxy) is 2. The van der Waals surface area contributed by atoms with Crippen molar-refractivity contribution in [2.75, 3.05) is 13.2 Å². The number of esters is 2. The van der Waals surface area contributed by atoms with Crippen LogP contribution in [0.4, 0.5) is 0 Å². The Morgan fingerprint density at radius 2 is 0.978 bits per heavy atom.